The first-order chi connectivity index (χ1) is 10.6. The van der Waals surface area contributed by atoms with E-state index in [1.54, 1.807) is 0 Å². The van der Waals surface area contributed by atoms with Crippen LogP contribution in [0.5, 0.6) is 0 Å². The molecule has 5 heteroatoms. The third-order valence-corrected chi connectivity index (χ3v) is 5.46. The van der Waals surface area contributed by atoms with Crippen LogP contribution in [0.2, 0.25) is 0 Å². The zero-order chi connectivity index (χ0) is 15.5. The molecule has 2 atom stereocenters. The smallest absolute Gasteiger partial charge is 0.224 e. The number of Topliss-reactive ketones (excluding diaryl/α,β-unsaturated/α-hetero) is 1. The highest BCUT2D eigenvalue weighted by Crippen LogP contribution is 2.31. The van der Waals surface area contributed by atoms with Gasteiger partial charge in [-0.3, -0.25) is 14.4 Å². The number of hydrogen-bond donors (Lipinski definition) is 2. The molecule has 2 N–H and O–H groups in total. The predicted molar refractivity (Wildman–Crippen MR) is 82.0 cm³/mol. The van der Waals surface area contributed by atoms with Crippen molar-refractivity contribution < 1.29 is 14.4 Å². The molecule has 2 amide bonds. The van der Waals surface area contributed by atoms with Gasteiger partial charge in [-0.05, 0) is 25.7 Å². The molecule has 3 fully saturated rings. The highest BCUT2D eigenvalue weighted by Gasteiger charge is 2.43. The van der Waals surface area contributed by atoms with E-state index >= 15 is 0 Å². The van der Waals surface area contributed by atoms with Crippen LogP contribution in [0.4, 0.5) is 0 Å². The van der Waals surface area contributed by atoms with Gasteiger partial charge in [0, 0.05) is 24.9 Å². The fraction of sp³-hybridized carbons (Fsp3) is 0.824. The van der Waals surface area contributed by atoms with Crippen molar-refractivity contribution in [2.45, 2.75) is 76.3 Å². The second kappa shape index (κ2) is 6.80. The first-order valence-electron chi connectivity index (χ1n) is 8.76. The number of carbonyl (C=O) groups is 3. The highest BCUT2D eigenvalue weighted by atomic mass is 16.2. The van der Waals surface area contributed by atoms with Gasteiger partial charge in [-0.2, -0.15) is 0 Å². The van der Waals surface area contributed by atoms with E-state index in [1.807, 2.05) is 0 Å². The van der Waals surface area contributed by atoms with Gasteiger partial charge in [-0.15, -0.1) is 0 Å². The fourth-order valence-electron chi connectivity index (χ4n) is 4.17. The van der Waals surface area contributed by atoms with Crippen LogP contribution in [0.1, 0.15) is 64.2 Å². The van der Waals surface area contributed by atoms with Gasteiger partial charge in [0.25, 0.3) is 0 Å². The maximum absolute atomic E-state index is 12.5. The second-order valence-corrected chi connectivity index (χ2v) is 7.14. The van der Waals surface area contributed by atoms with Crippen molar-refractivity contribution in [3.63, 3.8) is 0 Å². The van der Waals surface area contributed by atoms with E-state index in [9.17, 15) is 14.4 Å². The Kier molecular flexibility index (Phi) is 4.79. The average Bonchev–Trinajstić information content (AvgIpc) is 3.19. The van der Waals surface area contributed by atoms with Crippen LogP contribution in [0, 0.1) is 11.8 Å². The molecule has 3 saturated carbocycles. The zero-order valence-corrected chi connectivity index (χ0v) is 13.1. The van der Waals surface area contributed by atoms with Crippen LogP contribution in [0.15, 0.2) is 0 Å². The summed E-state index contributed by atoms with van der Waals surface area (Å²) in [4.78, 5) is 36.7. The summed E-state index contributed by atoms with van der Waals surface area (Å²) >= 11 is 0. The molecule has 0 saturated heterocycles. The summed E-state index contributed by atoms with van der Waals surface area (Å²) in [5.41, 5.74) is 0. The van der Waals surface area contributed by atoms with Crippen LogP contribution >= 0.6 is 0 Å². The molecule has 0 bridgehead atoms. The fourth-order valence-corrected chi connectivity index (χ4v) is 4.17. The number of ketones is 1. The van der Waals surface area contributed by atoms with Crippen molar-refractivity contribution in [3.05, 3.63) is 0 Å². The van der Waals surface area contributed by atoms with E-state index < -0.39 is 11.8 Å². The molecule has 0 unspecified atom stereocenters. The molecular formula is C17H26N2O3. The second-order valence-electron chi connectivity index (χ2n) is 7.14. The zero-order valence-electron chi connectivity index (χ0n) is 13.1. The Hall–Kier alpha value is -1.39. The number of amides is 2. The molecule has 0 aromatic carbocycles. The van der Waals surface area contributed by atoms with Crippen LogP contribution in [0.25, 0.3) is 0 Å². The van der Waals surface area contributed by atoms with Gasteiger partial charge in [-0.25, -0.2) is 0 Å². The lowest BCUT2D eigenvalue weighted by molar-refractivity contribution is -0.134. The van der Waals surface area contributed by atoms with Gasteiger partial charge >= 0.3 is 0 Å². The van der Waals surface area contributed by atoms with Crippen molar-refractivity contribution in [2.75, 3.05) is 0 Å². The number of carbonyl (C=O) groups excluding carboxylic acids is 3. The molecule has 3 rings (SSSR count). The van der Waals surface area contributed by atoms with E-state index in [0.717, 1.165) is 51.4 Å². The van der Waals surface area contributed by atoms with Crippen LogP contribution < -0.4 is 10.6 Å². The molecule has 122 valence electrons. The quantitative estimate of drug-likeness (QED) is 0.830. The summed E-state index contributed by atoms with van der Waals surface area (Å²) in [5, 5.41) is 6.10. The Morgan fingerprint density at radius 2 is 1.09 bits per heavy atom. The molecule has 0 aromatic rings. The Labute approximate surface area is 131 Å². The molecule has 22 heavy (non-hydrogen) atoms. The third kappa shape index (κ3) is 3.50. The minimum Gasteiger partial charge on any atom is -0.353 e. The summed E-state index contributed by atoms with van der Waals surface area (Å²) in [6, 6.07) is 0.475. The van der Waals surface area contributed by atoms with Crippen molar-refractivity contribution >= 4 is 17.6 Å². The third-order valence-electron chi connectivity index (χ3n) is 5.46. The summed E-state index contributed by atoms with van der Waals surface area (Å²) in [7, 11) is 0. The lowest BCUT2D eigenvalue weighted by Gasteiger charge is -2.22. The molecule has 0 radical (unpaired) electrons. The minimum absolute atomic E-state index is 0.0399. The molecule has 5 nitrogen and oxygen atoms in total. The lowest BCUT2D eigenvalue weighted by Crippen LogP contribution is -2.44. The first-order valence-corrected chi connectivity index (χ1v) is 8.76. The molecule has 3 aliphatic rings. The lowest BCUT2D eigenvalue weighted by atomic mass is 9.93. The van der Waals surface area contributed by atoms with E-state index in [-0.39, 0.29) is 42.5 Å². The number of nitrogens with one attached hydrogen (secondary N) is 2. The van der Waals surface area contributed by atoms with Gasteiger partial charge < -0.3 is 10.6 Å². The Morgan fingerprint density at radius 1 is 0.727 bits per heavy atom. The number of rotatable bonds is 4. The van der Waals surface area contributed by atoms with Crippen molar-refractivity contribution in [1.82, 2.24) is 10.6 Å². The molecule has 0 aromatic heterocycles. The molecular weight excluding hydrogens is 280 g/mol. The largest absolute Gasteiger partial charge is 0.353 e. The van der Waals surface area contributed by atoms with Crippen LogP contribution in [-0.2, 0) is 14.4 Å². The summed E-state index contributed by atoms with van der Waals surface area (Å²) in [6.45, 7) is 0. The average molecular weight is 306 g/mol. The summed E-state index contributed by atoms with van der Waals surface area (Å²) in [6.07, 6.45) is 9.14. The Balaban J connectivity index is 1.59. The maximum Gasteiger partial charge on any atom is 0.224 e. The van der Waals surface area contributed by atoms with Gasteiger partial charge in [-0.1, -0.05) is 25.7 Å². The molecule has 0 spiro atoms. The van der Waals surface area contributed by atoms with E-state index in [2.05, 4.69) is 10.6 Å². The van der Waals surface area contributed by atoms with E-state index in [0.29, 0.717) is 0 Å². The maximum atomic E-state index is 12.5. The van der Waals surface area contributed by atoms with Gasteiger partial charge in [0.15, 0.2) is 0 Å². The van der Waals surface area contributed by atoms with Crippen LogP contribution in [0.3, 0.4) is 0 Å². The highest BCUT2D eigenvalue weighted by molar-refractivity contribution is 5.98. The van der Waals surface area contributed by atoms with Gasteiger partial charge in [0.1, 0.15) is 5.78 Å². The molecule has 3 aliphatic carbocycles. The number of hydrogen-bond acceptors (Lipinski definition) is 3. The molecule has 0 heterocycles. The van der Waals surface area contributed by atoms with E-state index in [4.69, 9.17) is 0 Å². The van der Waals surface area contributed by atoms with Crippen molar-refractivity contribution in [1.29, 1.82) is 0 Å². The van der Waals surface area contributed by atoms with Crippen molar-refractivity contribution in [2.24, 2.45) is 11.8 Å². The molecule has 0 aliphatic heterocycles. The monoisotopic (exact) mass is 306 g/mol. The first kappa shape index (κ1) is 15.5. The summed E-state index contributed by atoms with van der Waals surface area (Å²) < 4.78 is 0. The normalized spacial score (nSPS) is 29.9. The summed E-state index contributed by atoms with van der Waals surface area (Å²) in [5.74, 6) is -1.07. The standard InChI is InChI=1S/C17H26N2O3/c20-13-9-14(16(21)18-11-5-1-2-6-11)15(10-13)17(22)19-12-7-3-4-8-12/h11-12,14-15H,1-10H2,(H,18,21)(H,19,22)/t14-,15-/m0/s1. The van der Waals surface area contributed by atoms with Gasteiger partial charge in [0.2, 0.25) is 11.8 Å². The van der Waals surface area contributed by atoms with E-state index in [1.165, 1.54) is 0 Å². The Morgan fingerprint density at radius 3 is 1.45 bits per heavy atom. The van der Waals surface area contributed by atoms with Crippen molar-refractivity contribution in [3.8, 4) is 0 Å². The minimum atomic E-state index is -0.463. The SMILES string of the molecule is O=C1C[C@H](C(=O)NC2CCCC2)[C@@H](C(=O)NC2CCCC2)C1. The topological polar surface area (TPSA) is 75.3 Å². The van der Waals surface area contributed by atoms with Gasteiger partial charge in [0.05, 0.1) is 11.8 Å². The predicted octanol–water partition coefficient (Wildman–Crippen LogP) is 1.70. The Bertz CT molecular complexity index is 411. The van der Waals surface area contributed by atoms with Crippen LogP contribution in [-0.4, -0.2) is 29.7 Å².